The first kappa shape index (κ1) is 14.4. The van der Waals surface area contributed by atoms with Gasteiger partial charge in [-0.05, 0) is 17.9 Å². The van der Waals surface area contributed by atoms with Crippen LogP contribution in [0.3, 0.4) is 0 Å². The molecule has 1 atom stereocenters. The lowest BCUT2D eigenvalue weighted by Gasteiger charge is -2.38. The van der Waals surface area contributed by atoms with Crippen LogP contribution in [-0.2, 0) is 0 Å². The van der Waals surface area contributed by atoms with Crippen molar-refractivity contribution in [1.29, 1.82) is 0 Å². The first-order valence-corrected chi connectivity index (χ1v) is 5.24. The molecule has 3 N–H and O–H groups in total. The molecule has 3 nitrogen and oxygen atoms in total. The second-order valence-electron chi connectivity index (χ2n) is 3.86. The molecule has 0 aliphatic rings. The number of aliphatic hydroxyl groups is 3. The number of allylic oxidation sites excluding steroid dienone is 1. The van der Waals surface area contributed by atoms with Gasteiger partial charge in [0.15, 0.2) is 0 Å². The van der Waals surface area contributed by atoms with Crippen LogP contribution in [0.25, 0.3) is 0 Å². The summed E-state index contributed by atoms with van der Waals surface area (Å²) < 4.78 is 0. The summed E-state index contributed by atoms with van der Waals surface area (Å²) in [6.45, 7) is 8.77. The molecule has 15 heavy (non-hydrogen) atoms. The van der Waals surface area contributed by atoms with E-state index < -0.39 is 5.41 Å². The van der Waals surface area contributed by atoms with Crippen molar-refractivity contribution < 1.29 is 15.3 Å². The third-order valence-electron chi connectivity index (χ3n) is 3.18. The topological polar surface area (TPSA) is 60.7 Å². The predicted molar refractivity (Wildman–Crippen MR) is 61.4 cm³/mol. The van der Waals surface area contributed by atoms with Gasteiger partial charge in [-0.3, -0.25) is 0 Å². The SMILES string of the molecule is C=CCC(CC)C(CO)(CO)C(=C)CO. The van der Waals surface area contributed by atoms with E-state index in [2.05, 4.69) is 13.2 Å². The molecule has 3 heteroatoms. The van der Waals surface area contributed by atoms with Gasteiger partial charge in [-0.15, -0.1) is 6.58 Å². The van der Waals surface area contributed by atoms with E-state index in [1.165, 1.54) is 0 Å². The number of hydrogen-bond acceptors (Lipinski definition) is 3. The molecule has 0 heterocycles. The fourth-order valence-corrected chi connectivity index (χ4v) is 1.96. The predicted octanol–water partition coefficient (Wildman–Crippen LogP) is 1.11. The van der Waals surface area contributed by atoms with Crippen molar-refractivity contribution in [2.45, 2.75) is 19.8 Å². The van der Waals surface area contributed by atoms with Crippen LogP contribution in [0, 0.1) is 11.3 Å². The highest BCUT2D eigenvalue weighted by atomic mass is 16.3. The fraction of sp³-hybridized carbons (Fsp3) is 0.667. The minimum Gasteiger partial charge on any atom is -0.395 e. The number of aliphatic hydroxyl groups excluding tert-OH is 3. The van der Waals surface area contributed by atoms with Gasteiger partial charge >= 0.3 is 0 Å². The summed E-state index contributed by atoms with van der Waals surface area (Å²) in [5.41, 5.74) is -0.307. The van der Waals surface area contributed by atoms with E-state index >= 15 is 0 Å². The summed E-state index contributed by atoms with van der Waals surface area (Å²) in [7, 11) is 0. The summed E-state index contributed by atoms with van der Waals surface area (Å²) in [5, 5.41) is 28.0. The van der Waals surface area contributed by atoms with E-state index in [0.717, 1.165) is 6.42 Å². The van der Waals surface area contributed by atoms with Crippen LogP contribution in [0.4, 0.5) is 0 Å². The zero-order valence-electron chi connectivity index (χ0n) is 9.45. The molecule has 0 amide bonds. The van der Waals surface area contributed by atoms with Crippen molar-refractivity contribution in [1.82, 2.24) is 0 Å². The van der Waals surface area contributed by atoms with E-state index in [1.54, 1.807) is 6.08 Å². The van der Waals surface area contributed by atoms with Gasteiger partial charge in [0.05, 0.1) is 19.8 Å². The lowest BCUT2D eigenvalue weighted by molar-refractivity contribution is 0.0253. The molecule has 0 radical (unpaired) electrons. The monoisotopic (exact) mass is 214 g/mol. The lowest BCUT2D eigenvalue weighted by atomic mass is 9.69. The summed E-state index contributed by atoms with van der Waals surface area (Å²) in [6, 6.07) is 0. The Kier molecular flexibility index (Phi) is 6.48. The van der Waals surface area contributed by atoms with E-state index in [4.69, 9.17) is 5.11 Å². The van der Waals surface area contributed by atoms with Crippen LogP contribution in [0.15, 0.2) is 24.8 Å². The van der Waals surface area contributed by atoms with Gasteiger partial charge in [-0.25, -0.2) is 0 Å². The van der Waals surface area contributed by atoms with Gasteiger partial charge in [0, 0.05) is 5.41 Å². The van der Waals surface area contributed by atoms with Gasteiger partial charge in [-0.1, -0.05) is 26.0 Å². The lowest BCUT2D eigenvalue weighted by Crippen LogP contribution is -2.40. The molecule has 0 aromatic carbocycles. The van der Waals surface area contributed by atoms with Crippen LogP contribution < -0.4 is 0 Å². The van der Waals surface area contributed by atoms with Crippen molar-refractivity contribution in [3.05, 3.63) is 24.8 Å². The Bertz CT molecular complexity index is 207. The highest BCUT2D eigenvalue weighted by molar-refractivity contribution is 5.14. The van der Waals surface area contributed by atoms with Crippen LogP contribution in [0.2, 0.25) is 0 Å². The van der Waals surface area contributed by atoms with E-state index in [9.17, 15) is 10.2 Å². The summed E-state index contributed by atoms with van der Waals surface area (Å²) in [6.07, 6.45) is 3.25. The van der Waals surface area contributed by atoms with Gasteiger partial charge in [0.25, 0.3) is 0 Å². The minimum atomic E-state index is -0.794. The quantitative estimate of drug-likeness (QED) is 0.530. The van der Waals surface area contributed by atoms with Crippen LogP contribution in [-0.4, -0.2) is 35.1 Å². The summed E-state index contributed by atoms with van der Waals surface area (Å²) >= 11 is 0. The van der Waals surface area contributed by atoms with Gasteiger partial charge in [-0.2, -0.15) is 0 Å². The number of rotatable bonds is 8. The third-order valence-corrected chi connectivity index (χ3v) is 3.18. The first-order valence-electron chi connectivity index (χ1n) is 5.24. The molecular formula is C12H22O3. The first-order chi connectivity index (χ1) is 7.12. The van der Waals surface area contributed by atoms with E-state index in [1.807, 2.05) is 6.92 Å². The zero-order valence-corrected chi connectivity index (χ0v) is 9.45. The van der Waals surface area contributed by atoms with Crippen molar-refractivity contribution in [3.63, 3.8) is 0 Å². The maximum atomic E-state index is 9.44. The molecule has 0 bridgehead atoms. The molecule has 0 aliphatic carbocycles. The highest BCUT2D eigenvalue weighted by Crippen LogP contribution is 2.38. The number of hydrogen-bond donors (Lipinski definition) is 3. The maximum Gasteiger partial charge on any atom is 0.0646 e. The molecule has 0 fully saturated rings. The van der Waals surface area contributed by atoms with Crippen molar-refractivity contribution in [2.24, 2.45) is 11.3 Å². The molecule has 1 unspecified atom stereocenters. The van der Waals surface area contributed by atoms with Crippen molar-refractivity contribution in [3.8, 4) is 0 Å². The normalized spacial score (nSPS) is 13.6. The molecule has 0 saturated carbocycles. The molecule has 0 spiro atoms. The fourth-order valence-electron chi connectivity index (χ4n) is 1.96. The second-order valence-corrected chi connectivity index (χ2v) is 3.86. The van der Waals surface area contributed by atoms with Crippen LogP contribution in [0.5, 0.6) is 0 Å². The molecule has 0 aromatic rings. The molecule has 0 aromatic heterocycles. The largest absolute Gasteiger partial charge is 0.395 e. The molecule has 0 saturated heterocycles. The smallest absolute Gasteiger partial charge is 0.0646 e. The zero-order chi connectivity index (χ0) is 11.9. The average molecular weight is 214 g/mol. The Labute approximate surface area is 91.8 Å². The Morgan fingerprint density at radius 2 is 1.87 bits per heavy atom. The molecular weight excluding hydrogens is 192 g/mol. The third kappa shape index (κ3) is 2.91. The molecule has 88 valence electrons. The molecule has 0 aliphatic heterocycles. The highest BCUT2D eigenvalue weighted by Gasteiger charge is 2.38. The van der Waals surface area contributed by atoms with Gasteiger partial charge in [0.2, 0.25) is 0 Å². The molecule has 0 rings (SSSR count). The van der Waals surface area contributed by atoms with E-state index in [-0.39, 0.29) is 25.7 Å². The Morgan fingerprint density at radius 1 is 1.33 bits per heavy atom. The van der Waals surface area contributed by atoms with Crippen molar-refractivity contribution >= 4 is 0 Å². The second kappa shape index (κ2) is 6.77. The summed E-state index contributed by atoms with van der Waals surface area (Å²) in [4.78, 5) is 0. The standard InChI is InChI=1S/C12H22O3/c1-4-6-11(5-2)12(8-14,9-15)10(3)7-13/h4,11,13-15H,1,3,5-9H2,2H3. The summed E-state index contributed by atoms with van der Waals surface area (Å²) in [5.74, 6) is 0.0599. The van der Waals surface area contributed by atoms with Crippen LogP contribution in [0.1, 0.15) is 19.8 Å². The average Bonchev–Trinajstić information content (AvgIpc) is 2.29. The van der Waals surface area contributed by atoms with Gasteiger partial charge < -0.3 is 15.3 Å². The van der Waals surface area contributed by atoms with Crippen molar-refractivity contribution in [2.75, 3.05) is 19.8 Å². The van der Waals surface area contributed by atoms with Gasteiger partial charge in [0.1, 0.15) is 0 Å². The minimum absolute atomic E-state index is 0.0599. The van der Waals surface area contributed by atoms with Crippen LogP contribution >= 0.6 is 0 Å². The van der Waals surface area contributed by atoms with E-state index in [0.29, 0.717) is 12.0 Å². The maximum absolute atomic E-state index is 9.44. The Hall–Kier alpha value is -0.640. The Balaban J connectivity index is 5.02. The Morgan fingerprint density at radius 3 is 2.13 bits per heavy atom.